The van der Waals surface area contributed by atoms with Gasteiger partial charge in [0, 0.05) is 18.7 Å². The van der Waals surface area contributed by atoms with E-state index in [4.69, 9.17) is 23.7 Å². The Balaban J connectivity index is 0.00000512. The lowest BCUT2D eigenvalue weighted by atomic mass is 10.1. The second kappa shape index (κ2) is 14.5. The van der Waals surface area contributed by atoms with E-state index < -0.39 is 0 Å². The molecule has 0 spiro atoms. The number of guanidine groups is 1. The molecule has 1 unspecified atom stereocenters. The summed E-state index contributed by atoms with van der Waals surface area (Å²) in [6, 6.07) is 11.2. The predicted octanol–water partition coefficient (Wildman–Crippen LogP) is 3.86. The zero-order valence-electron chi connectivity index (χ0n) is 19.6. The fraction of sp³-hybridized carbons (Fsp3) is 0.435. The van der Waals surface area contributed by atoms with E-state index in [2.05, 4.69) is 15.6 Å². The van der Waals surface area contributed by atoms with Crippen molar-refractivity contribution in [1.82, 2.24) is 10.6 Å². The summed E-state index contributed by atoms with van der Waals surface area (Å²) in [5.74, 6) is 4.04. The summed E-state index contributed by atoms with van der Waals surface area (Å²) in [4.78, 5) is 4.68. The van der Waals surface area contributed by atoms with Crippen molar-refractivity contribution in [2.45, 2.75) is 26.5 Å². The molecule has 0 aliphatic carbocycles. The first kappa shape index (κ1) is 27.5. The average molecular weight is 559 g/mol. The van der Waals surface area contributed by atoms with Crippen LogP contribution in [0.15, 0.2) is 41.4 Å². The molecule has 8 nitrogen and oxygen atoms in total. The van der Waals surface area contributed by atoms with Crippen molar-refractivity contribution in [2.75, 3.05) is 41.5 Å². The number of nitrogens with zero attached hydrogens (tertiary/aromatic N) is 1. The molecule has 0 aliphatic heterocycles. The average Bonchev–Trinajstić information content (AvgIpc) is 2.80. The zero-order valence-corrected chi connectivity index (χ0v) is 21.9. The van der Waals surface area contributed by atoms with Gasteiger partial charge in [-0.25, -0.2) is 4.99 Å². The van der Waals surface area contributed by atoms with E-state index in [9.17, 15) is 0 Å². The summed E-state index contributed by atoms with van der Waals surface area (Å²) in [6.45, 7) is 5.65. The van der Waals surface area contributed by atoms with Crippen molar-refractivity contribution in [1.29, 1.82) is 0 Å². The Labute approximate surface area is 207 Å². The number of rotatable bonds is 11. The Bertz CT molecular complexity index is 838. The maximum absolute atomic E-state index is 6.00. The molecule has 2 N–H and O–H groups in total. The molecule has 2 aromatic carbocycles. The van der Waals surface area contributed by atoms with Crippen LogP contribution in [-0.2, 0) is 6.54 Å². The molecule has 32 heavy (non-hydrogen) atoms. The second-order valence-electron chi connectivity index (χ2n) is 6.67. The number of benzene rings is 2. The van der Waals surface area contributed by atoms with E-state index in [1.165, 1.54) is 0 Å². The highest BCUT2D eigenvalue weighted by atomic mass is 127. The molecule has 0 amide bonds. The summed E-state index contributed by atoms with van der Waals surface area (Å²) in [5.41, 5.74) is 0.835. The number of aliphatic imine (C=N–C) groups is 1. The molecular weight excluding hydrogens is 525 g/mol. The molecule has 9 heteroatoms. The lowest BCUT2D eigenvalue weighted by Crippen LogP contribution is -2.41. The van der Waals surface area contributed by atoms with E-state index >= 15 is 0 Å². The van der Waals surface area contributed by atoms with Crippen molar-refractivity contribution < 1.29 is 23.7 Å². The van der Waals surface area contributed by atoms with Gasteiger partial charge in [-0.1, -0.05) is 12.1 Å². The van der Waals surface area contributed by atoms with Crippen LogP contribution in [0.25, 0.3) is 0 Å². The number of halogens is 1. The van der Waals surface area contributed by atoms with Crippen molar-refractivity contribution in [3.05, 3.63) is 42.0 Å². The van der Waals surface area contributed by atoms with Crippen molar-refractivity contribution in [3.8, 4) is 28.7 Å². The highest BCUT2D eigenvalue weighted by Gasteiger charge is 2.14. The van der Waals surface area contributed by atoms with Crippen LogP contribution in [-0.4, -0.2) is 53.6 Å². The number of methoxy groups -OCH3 is 4. The monoisotopic (exact) mass is 559 g/mol. The van der Waals surface area contributed by atoms with E-state index in [0.717, 1.165) is 12.1 Å². The first-order valence-corrected chi connectivity index (χ1v) is 10.2. The Kier molecular flexibility index (Phi) is 12.4. The van der Waals surface area contributed by atoms with Gasteiger partial charge in [0.05, 0.1) is 47.1 Å². The van der Waals surface area contributed by atoms with Gasteiger partial charge in [0.25, 0.3) is 0 Å². The molecule has 0 radical (unpaired) electrons. The summed E-state index contributed by atoms with van der Waals surface area (Å²) < 4.78 is 27.7. The quantitative estimate of drug-likeness (QED) is 0.246. The van der Waals surface area contributed by atoms with Gasteiger partial charge in [-0.15, -0.1) is 24.0 Å². The van der Waals surface area contributed by atoms with Gasteiger partial charge in [-0.05, 0) is 26.0 Å². The maximum atomic E-state index is 6.00. The third-order valence-electron chi connectivity index (χ3n) is 4.51. The number of para-hydroxylation sites is 2. The van der Waals surface area contributed by atoms with Crippen molar-refractivity contribution in [3.63, 3.8) is 0 Å². The minimum Gasteiger partial charge on any atom is -0.496 e. The van der Waals surface area contributed by atoms with Gasteiger partial charge in [0.2, 0.25) is 0 Å². The van der Waals surface area contributed by atoms with E-state index in [1.54, 1.807) is 28.4 Å². The Morgan fingerprint density at radius 1 is 0.875 bits per heavy atom. The highest BCUT2D eigenvalue weighted by molar-refractivity contribution is 14.0. The Morgan fingerprint density at radius 2 is 1.47 bits per heavy atom. The zero-order chi connectivity index (χ0) is 22.6. The number of hydrogen-bond acceptors (Lipinski definition) is 6. The van der Waals surface area contributed by atoms with Gasteiger partial charge >= 0.3 is 0 Å². The van der Waals surface area contributed by atoms with Crippen molar-refractivity contribution >= 4 is 29.9 Å². The van der Waals surface area contributed by atoms with Gasteiger partial charge in [0.1, 0.15) is 23.4 Å². The fourth-order valence-corrected chi connectivity index (χ4v) is 2.95. The van der Waals surface area contributed by atoms with Crippen LogP contribution in [0.1, 0.15) is 19.4 Å². The molecule has 2 aromatic rings. The standard InChI is InChI=1S/C23H33N3O5.HI/c1-7-24-23(25-14-16(2)31-20-11-9-8-10-19(20)28-4)26-15-18-21(29-5)12-17(27-3)13-22(18)30-6;/h8-13,16H,7,14-15H2,1-6H3,(H2,24,25,26);1H. The van der Waals surface area contributed by atoms with Crippen molar-refractivity contribution in [2.24, 2.45) is 4.99 Å². The highest BCUT2D eigenvalue weighted by Crippen LogP contribution is 2.34. The van der Waals surface area contributed by atoms with Crippen LogP contribution >= 0.6 is 24.0 Å². The lowest BCUT2D eigenvalue weighted by molar-refractivity contribution is 0.213. The molecule has 0 aromatic heterocycles. The van der Waals surface area contributed by atoms with Gasteiger partial charge in [-0.2, -0.15) is 0 Å². The number of nitrogens with one attached hydrogen (secondary N) is 2. The van der Waals surface area contributed by atoms with E-state index in [-0.39, 0.29) is 30.1 Å². The first-order chi connectivity index (χ1) is 15.1. The van der Waals surface area contributed by atoms with Crippen LogP contribution < -0.4 is 34.3 Å². The molecule has 178 valence electrons. The molecule has 0 saturated heterocycles. The van der Waals surface area contributed by atoms with Gasteiger partial charge in [-0.3, -0.25) is 0 Å². The second-order valence-corrected chi connectivity index (χ2v) is 6.67. The van der Waals surface area contributed by atoms with Crippen LogP contribution in [0.2, 0.25) is 0 Å². The Morgan fingerprint density at radius 3 is 2.00 bits per heavy atom. The molecule has 2 rings (SSSR count). The third-order valence-corrected chi connectivity index (χ3v) is 4.51. The normalized spacial score (nSPS) is 11.6. The summed E-state index contributed by atoms with van der Waals surface area (Å²) in [7, 11) is 6.46. The van der Waals surface area contributed by atoms with Crippen LogP contribution in [0.5, 0.6) is 28.7 Å². The smallest absolute Gasteiger partial charge is 0.191 e. The Hall–Kier alpha value is -2.56. The lowest BCUT2D eigenvalue weighted by Gasteiger charge is -2.19. The molecular formula is C23H34IN3O5. The molecule has 1 atom stereocenters. The van der Waals surface area contributed by atoms with Gasteiger partial charge in [0.15, 0.2) is 17.5 Å². The van der Waals surface area contributed by atoms with E-state index in [1.807, 2.05) is 50.2 Å². The van der Waals surface area contributed by atoms with Crippen LogP contribution in [0.4, 0.5) is 0 Å². The summed E-state index contributed by atoms with van der Waals surface area (Å²) in [6.07, 6.45) is -0.106. The van der Waals surface area contributed by atoms with E-state index in [0.29, 0.717) is 47.8 Å². The summed E-state index contributed by atoms with van der Waals surface area (Å²) in [5, 5.41) is 6.56. The SMILES string of the molecule is CCNC(=NCc1c(OC)cc(OC)cc1OC)NCC(C)Oc1ccccc1OC.I. The van der Waals surface area contributed by atoms with Gasteiger partial charge < -0.3 is 34.3 Å². The molecule has 0 fully saturated rings. The number of hydrogen-bond donors (Lipinski definition) is 2. The van der Waals surface area contributed by atoms with Crippen LogP contribution in [0.3, 0.4) is 0 Å². The molecule has 0 heterocycles. The minimum atomic E-state index is -0.106. The minimum absolute atomic E-state index is 0. The fourth-order valence-electron chi connectivity index (χ4n) is 2.95. The third kappa shape index (κ3) is 7.85. The summed E-state index contributed by atoms with van der Waals surface area (Å²) >= 11 is 0. The predicted molar refractivity (Wildman–Crippen MR) is 137 cm³/mol. The largest absolute Gasteiger partial charge is 0.496 e. The molecule has 0 saturated carbocycles. The first-order valence-electron chi connectivity index (χ1n) is 10.2. The van der Waals surface area contributed by atoms with Crippen LogP contribution in [0, 0.1) is 0 Å². The maximum Gasteiger partial charge on any atom is 0.191 e. The number of ether oxygens (including phenoxy) is 5. The topological polar surface area (TPSA) is 82.6 Å². The molecule has 0 bridgehead atoms. The molecule has 0 aliphatic rings.